The van der Waals surface area contributed by atoms with Gasteiger partial charge in [0.2, 0.25) is 11.9 Å². The molecule has 0 bridgehead atoms. The molecule has 0 aliphatic heterocycles. The SMILES string of the molecule is CNC(=O)CSCCCNc1ncccn1. The van der Waals surface area contributed by atoms with Gasteiger partial charge in [0.25, 0.3) is 0 Å². The molecule has 0 aliphatic rings. The first-order valence-electron chi connectivity index (χ1n) is 5.12. The third-order valence-electron chi connectivity index (χ3n) is 1.83. The highest BCUT2D eigenvalue weighted by atomic mass is 32.2. The molecule has 1 rings (SSSR count). The maximum absolute atomic E-state index is 10.9. The van der Waals surface area contributed by atoms with Gasteiger partial charge in [-0.25, -0.2) is 9.97 Å². The maximum atomic E-state index is 10.9. The monoisotopic (exact) mass is 240 g/mol. The topological polar surface area (TPSA) is 66.9 Å². The standard InChI is InChI=1S/C10H16N4OS/c1-11-9(15)8-16-7-3-6-14-10-12-4-2-5-13-10/h2,4-5H,3,6-8H2,1H3,(H,11,15)(H,12,13,14). The number of carbonyl (C=O) groups is 1. The predicted octanol–water partition coefficient (Wildman–Crippen LogP) is 0.758. The number of thioether (sulfide) groups is 1. The van der Waals surface area contributed by atoms with Gasteiger partial charge in [0.1, 0.15) is 0 Å². The number of rotatable bonds is 7. The molecule has 1 aromatic rings. The first-order valence-corrected chi connectivity index (χ1v) is 6.27. The van der Waals surface area contributed by atoms with Gasteiger partial charge in [-0.2, -0.15) is 11.8 Å². The summed E-state index contributed by atoms with van der Waals surface area (Å²) in [5.41, 5.74) is 0. The summed E-state index contributed by atoms with van der Waals surface area (Å²) in [5.74, 6) is 2.20. The van der Waals surface area contributed by atoms with E-state index in [-0.39, 0.29) is 5.91 Å². The summed E-state index contributed by atoms with van der Waals surface area (Å²) in [6, 6.07) is 1.78. The lowest BCUT2D eigenvalue weighted by atomic mass is 10.5. The van der Waals surface area contributed by atoms with E-state index in [0.717, 1.165) is 18.7 Å². The number of carbonyl (C=O) groups excluding carboxylic acids is 1. The van der Waals surface area contributed by atoms with E-state index in [1.165, 1.54) is 0 Å². The average molecular weight is 240 g/mol. The zero-order chi connectivity index (χ0) is 11.6. The van der Waals surface area contributed by atoms with Gasteiger partial charge < -0.3 is 10.6 Å². The van der Waals surface area contributed by atoms with Crippen molar-refractivity contribution < 1.29 is 4.79 Å². The van der Waals surface area contributed by atoms with Gasteiger partial charge >= 0.3 is 0 Å². The minimum atomic E-state index is 0.0735. The zero-order valence-corrected chi connectivity index (χ0v) is 10.1. The first kappa shape index (κ1) is 12.8. The van der Waals surface area contributed by atoms with Crippen LogP contribution in [0.4, 0.5) is 5.95 Å². The highest BCUT2D eigenvalue weighted by molar-refractivity contribution is 7.99. The Balaban J connectivity index is 1.98. The molecule has 1 aromatic heterocycles. The first-order chi connectivity index (χ1) is 7.83. The van der Waals surface area contributed by atoms with Gasteiger partial charge in [-0.05, 0) is 18.2 Å². The van der Waals surface area contributed by atoms with E-state index in [0.29, 0.717) is 11.7 Å². The molecule has 1 heterocycles. The molecule has 0 atom stereocenters. The number of aromatic nitrogens is 2. The summed E-state index contributed by atoms with van der Waals surface area (Å²) in [4.78, 5) is 19.0. The molecule has 0 spiro atoms. The van der Waals surface area contributed by atoms with Crippen LogP contribution < -0.4 is 10.6 Å². The van der Waals surface area contributed by atoms with E-state index >= 15 is 0 Å². The Hall–Kier alpha value is -1.30. The number of nitrogens with one attached hydrogen (secondary N) is 2. The smallest absolute Gasteiger partial charge is 0.229 e. The van der Waals surface area contributed by atoms with Crippen LogP contribution in [0.5, 0.6) is 0 Å². The van der Waals surface area contributed by atoms with Gasteiger partial charge in [-0.15, -0.1) is 0 Å². The zero-order valence-electron chi connectivity index (χ0n) is 9.27. The Morgan fingerprint density at radius 2 is 2.19 bits per heavy atom. The maximum Gasteiger partial charge on any atom is 0.229 e. The average Bonchev–Trinajstić information content (AvgIpc) is 2.34. The lowest BCUT2D eigenvalue weighted by Crippen LogP contribution is -2.20. The quantitative estimate of drug-likeness (QED) is 0.689. The molecular weight excluding hydrogens is 224 g/mol. The molecule has 88 valence electrons. The second-order valence-electron chi connectivity index (χ2n) is 3.08. The van der Waals surface area contributed by atoms with Crippen molar-refractivity contribution in [3.8, 4) is 0 Å². The van der Waals surface area contributed by atoms with Crippen LogP contribution in [0.2, 0.25) is 0 Å². The number of anilines is 1. The highest BCUT2D eigenvalue weighted by Gasteiger charge is 1.97. The van der Waals surface area contributed by atoms with Crippen molar-refractivity contribution in [1.82, 2.24) is 15.3 Å². The van der Waals surface area contributed by atoms with Crippen LogP contribution in [0, 0.1) is 0 Å². The second kappa shape index (κ2) is 7.92. The van der Waals surface area contributed by atoms with Crippen molar-refractivity contribution in [3.05, 3.63) is 18.5 Å². The molecule has 0 aliphatic carbocycles. The number of nitrogens with zero attached hydrogens (tertiary/aromatic N) is 2. The van der Waals surface area contributed by atoms with Crippen LogP contribution in [-0.4, -0.2) is 41.0 Å². The number of hydrogen-bond donors (Lipinski definition) is 2. The lowest BCUT2D eigenvalue weighted by molar-refractivity contribution is -0.118. The number of amides is 1. The van der Waals surface area contributed by atoms with E-state index in [1.54, 1.807) is 37.3 Å². The van der Waals surface area contributed by atoms with Gasteiger partial charge in [-0.3, -0.25) is 4.79 Å². The molecule has 0 fully saturated rings. The van der Waals surface area contributed by atoms with Gasteiger partial charge in [-0.1, -0.05) is 0 Å². The summed E-state index contributed by atoms with van der Waals surface area (Å²) < 4.78 is 0. The van der Waals surface area contributed by atoms with Crippen LogP contribution in [0.15, 0.2) is 18.5 Å². The summed E-state index contributed by atoms with van der Waals surface area (Å²) in [5, 5.41) is 5.70. The summed E-state index contributed by atoms with van der Waals surface area (Å²) >= 11 is 1.63. The van der Waals surface area contributed by atoms with Crippen LogP contribution in [0.25, 0.3) is 0 Å². The van der Waals surface area contributed by atoms with Crippen molar-refractivity contribution >= 4 is 23.6 Å². The van der Waals surface area contributed by atoms with Crippen molar-refractivity contribution in [2.24, 2.45) is 0 Å². The summed E-state index contributed by atoms with van der Waals surface area (Å²) in [6.45, 7) is 0.824. The Morgan fingerprint density at radius 3 is 2.88 bits per heavy atom. The minimum Gasteiger partial charge on any atom is -0.358 e. The van der Waals surface area contributed by atoms with Crippen LogP contribution in [0.1, 0.15) is 6.42 Å². The fourth-order valence-corrected chi connectivity index (χ4v) is 1.82. The third-order valence-corrected chi connectivity index (χ3v) is 2.87. The summed E-state index contributed by atoms with van der Waals surface area (Å²) in [6.07, 6.45) is 4.39. The van der Waals surface area contributed by atoms with E-state index in [9.17, 15) is 4.79 Å². The van der Waals surface area contributed by atoms with Gasteiger partial charge in [0.05, 0.1) is 5.75 Å². The lowest BCUT2D eigenvalue weighted by Gasteiger charge is -2.03. The summed E-state index contributed by atoms with van der Waals surface area (Å²) in [7, 11) is 1.65. The van der Waals surface area contributed by atoms with E-state index in [1.807, 2.05) is 0 Å². The van der Waals surface area contributed by atoms with E-state index in [2.05, 4.69) is 20.6 Å². The fourth-order valence-electron chi connectivity index (χ4n) is 1.00. The van der Waals surface area contributed by atoms with Crippen LogP contribution in [-0.2, 0) is 4.79 Å². The highest BCUT2D eigenvalue weighted by Crippen LogP contribution is 2.02. The van der Waals surface area contributed by atoms with E-state index in [4.69, 9.17) is 0 Å². The van der Waals surface area contributed by atoms with E-state index < -0.39 is 0 Å². The molecule has 0 radical (unpaired) electrons. The molecule has 5 nitrogen and oxygen atoms in total. The third kappa shape index (κ3) is 5.55. The molecule has 0 aromatic carbocycles. The van der Waals surface area contributed by atoms with Crippen molar-refractivity contribution in [1.29, 1.82) is 0 Å². The molecule has 16 heavy (non-hydrogen) atoms. The molecule has 1 amide bonds. The Morgan fingerprint density at radius 1 is 1.44 bits per heavy atom. The van der Waals surface area contributed by atoms with Gasteiger partial charge in [0, 0.05) is 26.0 Å². The molecule has 0 saturated carbocycles. The molecular formula is C10H16N4OS. The van der Waals surface area contributed by atoms with Crippen LogP contribution in [0.3, 0.4) is 0 Å². The normalized spacial score (nSPS) is 9.81. The van der Waals surface area contributed by atoms with Crippen LogP contribution >= 0.6 is 11.8 Å². The van der Waals surface area contributed by atoms with Crippen molar-refractivity contribution in [3.63, 3.8) is 0 Å². The Kier molecular flexibility index (Phi) is 6.32. The molecule has 0 unspecified atom stereocenters. The van der Waals surface area contributed by atoms with Crippen molar-refractivity contribution in [2.75, 3.05) is 30.4 Å². The molecule has 0 saturated heterocycles. The molecule has 6 heteroatoms. The number of hydrogen-bond acceptors (Lipinski definition) is 5. The van der Waals surface area contributed by atoms with Crippen molar-refractivity contribution in [2.45, 2.75) is 6.42 Å². The largest absolute Gasteiger partial charge is 0.358 e. The Bertz CT molecular complexity index is 307. The predicted molar refractivity (Wildman–Crippen MR) is 66.5 cm³/mol. The second-order valence-corrected chi connectivity index (χ2v) is 4.18. The Labute approximate surface area is 99.4 Å². The molecule has 2 N–H and O–H groups in total. The fraction of sp³-hybridized carbons (Fsp3) is 0.500. The minimum absolute atomic E-state index is 0.0735. The van der Waals surface area contributed by atoms with Gasteiger partial charge in [0.15, 0.2) is 0 Å².